The molecule has 472 valence electrons. The van der Waals surface area contributed by atoms with Gasteiger partial charge < -0.3 is 5.11 Å². The molecule has 1 unspecified atom stereocenters. The van der Waals surface area contributed by atoms with Gasteiger partial charge in [0.1, 0.15) is 16.6 Å². The Bertz CT molecular complexity index is 4460. The van der Waals surface area contributed by atoms with Gasteiger partial charge in [0.2, 0.25) is 0 Å². The van der Waals surface area contributed by atoms with Crippen LogP contribution in [-0.2, 0) is 15.3 Å². The molecule has 3 saturated carbocycles. The lowest BCUT2D eigenvalue weighted by Gasteiger charge is -2.45. The Labute approximate surface area is 568 Å². The smallest absolute Gasteiger partial charge is 0.336 e. The van der Waals surface area contributed by atoms with Crippen molar-refractivity contribution < 1.29 is 29.1 Å². The van der Waals surface area contributed by atoms with E-state index in [1.54, 1.807) is 148 Å². The fourth-order valence-electron chi connectivity index (χ4n) is 14.1. The third-order valence-corrected chi connectivity index (χ3v) is 19.6. The third-order valence-electron chi connectivity index (χ3n) is 18.6. The minimum absolute atomic E-state index is 0.160. The van der Waals surface area contributed by atoms with Crippen molar-refractivity contribution in [1.82, 2.24) is 0 Å². The molecule has 0 radical (unpaired) electrons. The van der Waals surface area contributed by atoms with Gasteiger partial charge in [0.15, 0.2) is 17.1 Å². The molecule has 8 amide bonds. The zero-order valence-electron chi connectivity index (χ0n) is 52.1. The lowest BCUT2D eigenvalue weighted by Crippen LogP contribution is -2.58. The number of aliphatic hydroxyl groups is 1. The number of carbonyl (C=O) groups is 5. The number of nitriles is 3. The Morgan fingerprint density at radius 3 is 1.13 bits per heavy atom. The van der Waals surface area contributed by atoms with Crippen LogP contribution in [0, 0.1) is 61.0 Å². The van der Waals surface area contributed by atoms with E-state index in [2.05, 4.69) is 78.8 Å². The summed E-state index contributed by atoms with van der Waals surface area (Å²) in [6.07, 6.45) is 9.21. The van der Waals surface area contributed by atoms with Crippen LogP contribution in [0.1, 0.15) is 110 Å². The number of amides is 8. The highest BCUT2D eigenvalue weighted by Crippen LogP contribution is 2.58. The largest absolute Gasteiger partial charge is 0.364 e. The second-order valence-corrected chi connectivity index (χ2v) is 26.1. The van der Waals surface area contributed by atoms with Gasteiger partial charge in [-0.2, -0.15) is 15.8 Å². The van der Waals surface area contributed by atoms with Crippen LogP contribution in [0.5, 0.6) is 0 Å². The summed E-state index contributed by atoms with van der Waals surface area (Å²) in [5.74, 6) is -0.378. The van der Waals surface area contributed by atoms with Gasteiger partial charge in [-0.25, -0.2) is 33.9 Å². The summed E-state index contributed by atoms with van der Waals surface area (Å²) < 4.78 is 2.04. The fourth-order valence-corrected chi connectivity index (χ4v) is 14.9. The summed E-state index contributed by atoms with van der Waals surface area (Å²) in [7, 11) is 0. The van der Waals surface area contributed by atoms with Crippen molar-refractivity contribution in [3.8, 4) is 18.2 Å². The standard InChI is InChI=1S/C28H24N4O2.C21H16N4O2.C20H16BrN3O2.C7H7Br/c1-20-6-5-7-22(18-20)28(34)27(16-3-4-17-27)31(24-12-8-21(19-29)9-13-24)26(33)32(28)25-14-10-23(30-2)11-15-25;1-23-16-6-10-17(11-7-16)24-19(26)21(12-2-3-13-21)25(20(24)27)18-8-4-15(14-22)5-9-18;21-15-5-9-16(10-6-15)23-18(25)20(11-1-2-12-20)24(19(23)26)17-7-3-14(13-22)4-8-17;1-6-3-2-4-7(8)5-6/h5-15,18,34H,3-4,16-17H2,1H3;4-11H,2-3,12-13H2;3-10H,1-2,11-12H2;2-5H,1H3. The molecule has 3 aliphatic heterocycles. The molecule has 14 rings (SSSR count). The Kier molecular flexibility index (Phi) is 19.0. The number of hydrogen-bond donors (Lipinski definition) is 1. The molecule has 6 aliphatic rings. The summed E-state index contributed by atoms with van der Waals surface area (Å²) in [5, 5.41) is 40.0. The van der Waals surface area contributed by atoms with Gasteiger partial charge in [0.25, 0.3) is 11.8 Å². The molecular formula is C76H63Br2N11O6. The average Bonchev–Trinajstić information content (AvgIpc) is 1.53. The number of hydrogen-bond acceptors (Lipinski definition) is 9. The highest BCUT2D eigenvalue weighted by Gasteiger charge is 2.69. The van der Waals surface area contributed by atoms with Crippen LogP contribution >= 0.6 is 31.9 Å². The van der Waals surface area contributed by atoms with Crippen LogP contribution in [0.4, 0.5) is 59.9 Å². The van der Waals surface area contributed by atoms with E-state index in [1.807, 2.05) is 55.5 Å². The quantitative estimate of drug-likeness (QED) is 0.119. The van der Waals surface area contributed by atoms with Crippen molar-refractivity contribution in [2.75, 3.05) is 29.4 Å². The number of imide groups is 2. The van der Waals surface area contributed by atoms with Crippen LogP contribution in [0.15, 0.2) is 203 Å². The van der Waals surface area contributed by atoms with Gasteiger partial charge in [0, 0.05) is 37.3 Å². The number of aryl methyl sites for hydroxylation is 2. The molecule has 8 aromatic carbocycles. The molecule has 95 heavy (non-hydrogen) atoms. The number of nitrogens with zero attached hydrogens (tertiary/aromatic N) is 11. The van der Waals surface area contributed by atoms with Crippen molar-refractivity contribution in [3.05, 3.63) is 259 Å². The van der Waals surface area contributed by atoms with Crippen LogP contribution in [0.25, 0.3) is 9.69 Å². The maximum Gasteiger partial charge on any atom is 0.336 e. The topological polar surface area (TPSA) is 205 Å². The van der Waals surface area contributed by atoms with Crippen molar-refractivity contribution in [2.24, 2.45) is 0 Å². The molecule has 19 heteroatoms. The minimum Gasteiger partial charge on any atom is -0.364 e. The molecule has 3 spiro atoms. The number of anilines is 6. The van der Waals surface area contributed by atoms with Crippen LogP contribution in [0.2, 0.25) is 0 Å². The third kappa shape index (κ3) is 12.1. The molecular weight excluding hydrogens is 1320 g/mol. The first kappa shape index (κ1) is 65.8. The molecule has 3 heterocycles. The number of rotatable bonds is 7. The molecule has 6 fully saturated rings. The van der Waals surface area contributed by atoms with Crippen LogP contribution in [-0.4, -0.2) is 51.6 Å². The van der Waals surface area contributed by atoms with E-state index >= 15 is 0 Å². The number of carbonyl (C=O) groups excluding carboxylic acids is 5. The van der Waals surface area contributed by atoms with Gasteiger partial charge in [0.05, 0.1) is 59.4 Å². The van der Waals surface area contributed by atoms with Gasteiger partial charge in [-0.1, -0.05) is 142 Å². The van der Waals surface area contributed by atoms with Crippen molar-refractivity contribution in [2.45, 2.75) is 113 Å². The molecule has 0 bridgehead atoms. The normalized spacial score (nSPS) is 18.5. The Morgan fingerprint density at radius 2 is 0.758 bits per heavy atom. The first-order valence-corrected chi connectivity index (χ1v) is 32.7. The predicted molar refractivity (Wildman–Crippen MR) is 372 cm³/mol. The molecule has 8 aromatic rings. The van der Waals surface area contributed by atoms with E-state index in [4.69, 9.17) is 23.7 Å². The summed E-state index contributed by atoms with van der Waals surface area (Å²) in [4.78, 5) is 83.2. The van der Waals surface area contributed by atoms with Crippen molar-refractivity contribution >= 4 is 107 Å². The first-order chi connectivity index (χ1) is 45.9. The fraction of sp³-hybridized carbons (Fsp3) is 0.237. The molecule has 1 atom stereocenters. The van der Waals surface area contributed by atoms with E-state index in [9.17, 15) is 34.3 Å². The van der Waals surface area contributed by atoms with E-state index < -0.39 is 22.3 Å². The number of urea groups is 3. The van der Waals surface area contributed by atoms with Crippen LogP contribution < -0.4 is 29.4 Å². The Balaban J connectivity index is 0.000000138. The average molecular weight is 1390 g/mol. The molecule has 1 N–H and O–H groups in total. The summed E-state index contributed by atoms with van der Waals surface area (Å²) >= 11 is 6.74. The van der Waals surface area contributed by atoms with E-state index in [-0.39, 0.29) is 29.9 Å². The zero-order valence-corrected chi connectivity index (χ0v) is 55.3. The van der Waals surface area contributed by atoms with Gasteiger partial charge in [-0.15, -0.1) is 0 Å². The van der Waals surface area contributed by atoms with Gasteiger partial charge in [-0.3, -0.25) is 29.2 Å². The first-order valence-electron chi connectivity index (χ1n) is 31.2. The maximum atomic E-state index is 14.2. The monoisotopic (exact) mass is 1380 g/mol. The molecule has 3 saturated heterocycles. The van der Waals surface area contributed by atoms with Crippen molar-refractivity contribution in [1.29, 1.82) is 15.8 Å². The second-order valence-electron chi connectivity index (χ2n) is 24.2. The Morgan fingerprint density at radius 1 is 0.411 bits per heavy atom. The zero-order chi connectivity index (χ0) is 67.2. The summed E-state index contributed by atoms with van der Waals surface area (Å²) in [6, 6.07) is 62.1. The summed E-state index contributed by atoms with van der Waals surface area (Å²) in [5.41, 5.74) is 4.71. The van der Waals surface area contributed by atoms with Crippen molar-refractivity contribution in [3.63, 3.8) is 0 Å². The second kappa shape index (κ2) is 27.5. The van der Waals surface area contributed by atoms with E-state index in [1.165, 1.54) is 20.3 Å². The number of benzene rings is 8. The lowest BCUT2D eigenvalue weighted by molar-refractivity contribution is -0.122. The van der Waals surface area contributed by atoms with Gasteiger partial charge >= 0.3 is 18.1 Å². The predicted octanol–water partition coefficient (Wildman–Crippen LogP) is 17.8. The lowest BCUT2D eigenvalue weighted by atomic mass is 9.78. The van der Waals surface area contributed by atoms with E-state index in [0.717, 1.165) is 53.0 Å². The highest BCUT2D eigenvalue weighted by atomic mass is 79.9. The minimum atomic E-state index is -1.62. The highest BCUT2D eigenvalue weighted by molar-refractivity contribution is 9.10. The maximum absolute atomic E-state index is 14.2. The SMILES string of the molecule is Cc1cccc(Br)c1.N#Cc1ccc(N2C(=O)N(c3ccc(Br)cc3)C(=O)C23CCCC3)cc1.[C-]#[N+]c1ccc(N2C(=O)N(c3ccc(C#N)cc3)C3(CCCC3)C2(O)c2cccc(C)c2)cc1.[C-]#[N+]c1ccc(N2C(=O)N(c3ccc(C#N)cc3)C3(CCCC3)C2=O)cc1. The molecule has 0 aromatic heterocycles. The Hall–Kier alpha value is -10.7. The van der Waals surface area contributed by atoms with Gasteiger partial charge in [-0.05, 0) is 186 Å². The summed E-state index contributed by atoms with van der Waals surface area (Å²) in [6.45, 7) is 18.4. The number of halogens is 2. The van der Waals surface area contributed by atoms with E-state index in [0.29, 0.717) is 106 Å². The molecule has 3 aliphatic carbocycles. The van der Waals surface area contributed by atoms with Crippen LogP contribution in [0.3, 0.4) is 0 Å². The molecule has 17 nitrogen and oxygen atoms in total.